The minimum atomic E-state index is -0.155. The van der Waals surface area contributed by atoms with Gasteiger partial charge < -0.3 is 19.4 Å². The third-order valence-electron chi connectivity index (χ3n) is 5.70. The number of nitrogens with one attached hydrogen (secondary N) is 1. The van der Waals surface area contributed by atoms with Crippen LogP contribution in [0.5, 0.6) is 11.5 Å². The normalized spacial score (nSPS) is 10.9. The predicted octanol–water partition coefficient (Wildman–Crippen LogP) is 5.71. The number of carbonyl (C=O) groups excluding carboxylic acids is 1. The van der Waals surface area contributed by atoms with E-state index in [9.17, 15) is 4.79 Å². The minimum absolute atomic E-state index is 0.155. The predicted molar refractivity (Wildman–Crippen MR) is 135 cm³/mol. The minimum Gasteiger partial charge on any atom is -0.497 e. The number of methoxy groups -OCH3 is 1. The highest BCUT2D eigenvalue weighted by Crippen LogP contribution is 2.26. The van der Waals surface area contributed by atoms with Gasteiger partial charge in [-0.05, 0) is 79.9 Å². The summed E-state index contributed by atoms with van der Waals surface area (Å²) in [6.07, 6.45) is 0.792. The van der Waals surface area contributed by atoms with E-state index in [1.165, 1.54) is 0 Å². The van der Waals surface area contributed by atoms with Crippen molar-refractivity contribution in [2.75, 3.05) is 13.7 Å². The van der Waals surface area contributed by atoms with Crippen molar-refractivity contribution in [3.63, 3.8) is 0 Å². The second-order valence-electron chi connectivity index (χ2n) is 8.15. The number of carbonyl (C=O) groups is 1. The number of nitrogens with zero attached hydrogens (tertiary/aromatic N) is 2. The van der Waals surface area contributed by atoms with Crippen LogP contribution in [0.1, 0.15) is 33.7 Å². The van der Waals surface area contributed by atoms with Crippen LogP contribution in [-0.2, 0) is 13.1 Å². The van der Waals surface area contributed by atoms with Gasteiger partial charge in [0, 0.05) is 17.1 Å². The van der Waals surface area contributed by atoms with Gasteiger partial charge in [-0.15, -0.1) is 0 Å². The van der Waals surface area contributed by atoms with E-state index >= 15 is 0 Å². The molecule has 0 atom stereocenters. The maximum Gasteiger partial charge on any atom is 0.251 e. The van der Waals surface area contributed by atoms with E-state index < -0.39 is 0 Å². The lowest BCUT2D eigenvalue weighted by Crippen LogP contribution is -2.25. The van der Waals surface area contributed by atoms with Crippen molar-refractivity contribution in [3.05, 3.63) is 88.2 Å². The van der Waals surface area contributed by atoms with Gasteiger partial charge >= 0.3 is 0 Å². The van der Waals surface area contributed by atoms with Crippen LogP contribution in [0, 0.1) is 13.8 Å². The number of rotatable bonds is 9. The van der Waals surface area contributed by atoms with E-state index in [1.807, 2.05) is 50.2 Å². The summed E-state index contributed by atoms with van der Waals surface area (Å²) in [4.78, 5) is 17.4. The zero-order valence-electron chi connectivity index (χ0n) is 19.6. The molecule has 1 aromatic heterocycles. The second-order valence-corrected chi connectivity index (χ2v) is 8.53. The highest BCUT2D eigenvalue weighted by Gasteiger charge is 2.13. The van der Waals surface area contributed by atoms with Crippen molar-refractivity contribution in [2.24, 2.45) is 0 Å². The molecule has 176 valence electrons. The lowest BCUT2D eigenvalue weighted by Gasteiger charge is -2.12. The lowest BCUT2D eigenvalue weighted by atomic mass is 10.1. The summed E-state index contributed by atoms with van der Waals surface area (Å²) >= 11 is 6.25. The fourth-order valence-corrected chi connectivity index (χ4v) is 4.02. The first-order valence-corrected chi connectivity index (χ1v) is 11.6. The Morgan fingerprint density at radius 3 is 2.44 bits per heavy atom. The zero-order valence-corrected chi connectivity index (χ0v) is 20.4. The Labute approximate surface area is 204 Å². The van der Waals surface area contributed by atoms with Gasteiger partial charge in [0.15, 0.2) is 0 Å². The Morgan fingerprint density at radius 2 is 1.74 bits per heavy atom. The lowest BCUT2D eigenvalue weighted by molar-refractivity contribution is 0.0949. The van der Waals surface area contributed by atoms with Gasteiger partial charge in [0.05, 0.1) is 31.3 Å². The Kier molecular flexibility index (Phi) is 7.38. The number of halogens is 1. The third kappa shape index (κ3) is 5.34. The van der Waals surface area contributed by atoms with Crippen LogP contribution in [0.15, 0.2) is 60.7 Å². The maximum atomic E-state index is 12.6. The van der Waals surface area contributed by atoms with E-state index in [4.69, 9.17) is 26.1 Å². The number of para-hydroxylation sites is 2. The molecule has 0 radical (unpaired) electrons. The zero-order chi connectivity index (χ0) is 24.1. The summed E-state index contributed by atoms with van der Waals surface area (Å²) in [7, 11) is 1.60. The van der Waals surface area contributed by atoms with Gasteiger partial charge in [-0.1, -0.05) is 23.7 Å². The Balaban J connectivity index is 1.42. The highest BCUT2D eigenvalue weighted by molar-refractivity contribution is 6.32. The number of aromatic nitrogens is 2. The van der Waals surface area contributed by atoms with E-state index in [0.29, 0.717) is 24.5 Å². The monoisotopic (exact) mass is 477 g/mol. The molecule has 6 nitrogen and oxygen atoms in total. The van der Waals surface area contributed by atoms with Gasteiger partial charge in [-0.3, -0.25) is 4.79 Å². The molecular weight excluding hydrogens is 450 g/mol. The number of amides is 1. The topological polar surface area (TPSA) is 65.4 Å². The molecule has 4 aromatic rings. The average Bonchev–Trinajstić information content (AvgIpc) is 3.21. The number of fused-ring (bicyclic) bond motifs is 1. The molecule has 1 amide bonds. The Bertz CT molecular complexity index is 1280. The summed E-state index contributed by atoms with van der Waals surface area (Å²) in [6.45, 7) is 5.57. The number of imidazole rings is 1. The number of hydrogen-bond donors (Lipinski definition) is 1. The molecule has 1 N–H and O–H groups in total. The molecule has 7 heteroatoms. The fourth-order valence-electron chi connectivity index (χ4n) is 3.92. The molecule has 0 saturated carbocycles. The van der Waals surface area contributed by atoms with Gasteiger partial charge in [0.25, 0.3) is 5.91 Å². The van der Waals surface area contributed by atoms with Gasteiger partial charge in [0.1, 0.15) is 17.3 Å². The number of hydrogen-bond acceptors (Lipinski definition) is 4. The molecule has 3 aromatic carbocycles. The van der Waals surface area contributed by atoms with E-state index in [1.54, 1.807) is 31.4 Å². The average molecular weight is 478 g/mol. The van der Waals surface area contributed by atoms with Crippen LogP contribution >= 0.6 is 11.6 Å². The molecule has 0 fully saturated rings. The first-order chi connectivity index (χ1) is 16.5. The van der Waals surface area contributed by atoms with Crippen LogP contribution < -0.4 is 14.8 Å². The van der Waals surface area contributed by atoms with Crippen LogP contribution in [0.25, 0.3) is 11.0 Å². The van der Waals surface area contributed by atoms with E-state index in [-0.39, 0.29) is 5.91 Å². The molecule has 0 unspecified atom stereocenters. The van der Waals surface area contributed by atoms with Crippen molar-refractivity contribution in [1.29, 1.82) is 0 Å². The summed E-state index contributed by atoms with van der Waals surface area (Å²) in [5, 5.41) is 3.76. The van der Waals surface area contributed by atoms with Crippen LogP contribution in [0.3, 0.4) is 0 Å². The molecule has 0 aliphatic rings. The Hall–Kier alpha value is -3.51. The van der Waals surface area contributed by atoms with Gasteiger partial charge in [0.2, 0.25) is 0 Å². The number of ether oxygens (including phenoxy) is 2. The standard InChI is InChI=1S/C27H28ClN3O3/c1-18-15-22(16-19(2)26(18)28)34-14-6-13-31-24-8-5-4-7-23(24)30-25(31)17-29-27(32)20-9-11-21(33-3)12-10-20/h4-5,7-12,15-16H,6,13-14,17H2,1-3H3,(H,29,32). The molecular formula is C27H28ClN3O3. The molecule has 0 aliphatic carbocycles. The van der Waals surface area contributed by atoms with Crippen molar-refractivity contribution in [1.82, 2.24) is 14.9 Å². The molecule has 4 rings (SSSR count). The van der Waals surface area contributed by atoms with Crippen LogP contribution in [0.2, 0.25) is 5.02 Å². The van der Waals surface area contributed by atoms with Gasteiger partial charge in [-0.2, -0.15) is 0 Å². The third-order valence-corrected chi connectivity index (χ3v) is 6.29. The summed E-state index contributed by atoms with van der Waals surface area (Å²) < 4.78 is 13.3. The van der Waals surface area contributed by atoms with Crippen molar-refractivity contribution < 1.29 is 14.3 Å². The fraction of sp³-hybridized carbons (Fsp3) is 0.259. The molecule has 0 bridgehead atoms. The second kappa shape index (κ2) is 10.6. The first kappa shape index (κ1) is 23.6. The summed E-state index contributed by atoms with van der Waals surface area (Å²) in [5.41, 5.74) is 4.53. The van der Waals surface area contributed by atoms with Crippen LogP contribution in [-0.4, -0.2) is 29.2 Å². The first-order valence-electron chi connectivity index (χ1n) is 11.2. The number of benzene rings is 3. The molecule has 34 heavy (non-hydrogen) atoms. The summed E-state index contributed by atoms with van der Waals surface area (Å²) in [6, 6.07) is 18.9. The van der Waals surface area contributed by atoms with Crippen molar-refractivity contribution in [3.8, 4) is 11.5 Å². The smallest absolute Gasteiger partial charge is 0.251 e. The van der Waals surface area contributed by atoms with Gasteiger partial charge in [-0.25, -0.2) is 4.98 Å². The highest BCUT2D eigenvalue weighted by atomic mass is 35.5. The molecule has 0 aliphatic heterocycles. The summed E-state index contributed by atoms with van der Waals surface area (Å²) in [5.74, 6) is 2.19. The quantitative estimate of drug-likeness (QED) is 0.313. The largest absolute Gasteiger partial charge is 0.497 e. The van der Waals surface area contributed by atoms with Crippen LogP contribution in [0.4, 0.5) is 0 Å². The Morgan fingerprint density at radius 1 is 1.03 bits per heavy atom. The SMILES string of the molecule is COc1ccc(C(=O)NCc2nc3ccccc3n2CCCOc2cc(C)c(Cl)c(C)c2)cc1. The molecule has 1 heterocycles. The van der Waals surface area contributed by atoms with Crippen molar-refractivity contribution >= 4 is 28.5 Å². The molecule has 0 saturated heterocycles. The van der Waals surface area contributed by atoms with E-state index in [0.717, 1.165) is 51.7 Å². The van der Waals surface area contributed by atoms with E-state index in [2.05, 4.69) is 9.88 Å². The molecule has 0 spiro atoms. The van der Waals surface area contributed by atoms with Crippen molar-refractivity contribution in [2.45, 2.75) is 33.4 Å². The number of aryl methyl sites for hydroxylation is 3. The maximum absolute atomic E-state index is 12.6.